The number of hydrogen-bond donors (Lipinski definition) is 1. The lowest BCUT2D eigenvalue weighted by Crippen LogP contribution is -2.30. The van der Waals surface area contributed by atoms with Crippen LogP contribution in [0.2, 0.25) is 0 Å². The van der Waals surface area contributed by atoms with E-state index in [1.807, 2.05) is 20.8 Å². The zero-order valence-corrected chi connectivity index (χ0v) is 12.1. The fourth-order valence-electron chi connectivity index (χ4n) is 2.24. The Hall–Kier alpha value is -1.34. The molecule has 7 heteroatoms. The maximum absolute atomic E-state index is 12.4. The molecule has 3 rings (SSSR count). The summed E-state index contributed by atoms with van der Waals surface area (Å²) >= 11 is 1.44. The SMILES string of the molecule is CC(C)(C)c1nnc2sc(C3CCCN3)nn2c1=O. The lowest BCUT2D eigenvalue weighted by molar-refractivity contribution is 0.540. The van der Waals surface area contributed by atoms with E-state index in [1.54, 1.807) is 0 Å². The smallest absolute Gasteiger partial charge is 0.297 e. The van der Waals surface area contributed by atoms with E-state index >= 15 is 0 Å². The first-order chi connectivity index (χ1) is 8.97. The van der Waals surface area contributed by atoms with Crippen molar-refractivity contribution in [2.45, 2.75) is 45.1 Å². The van der Waals surface area contributed by atoms with E-state index in [-0.39, 0.29) is 17.0 Å². The summed E-state index contributed by atoms with van der Waals surface area (Å²) in [6, 6.07) is 0.254. The minimum atomic E-state index is -0.319. The van der Waals surface area contributed by atoms with Crippen LogP contribution in [0.1, 0.15) is 50.4 Å². The van der Waals surface area contributed by atoms with Crippen molar-refractivity contribution in [1.29, 1.82) is 0 Å². The molecule has 0 amide bonds. The molecule has 1 saturated heterocycles. The summed E-state index contributed by atoms with van der Waals surface area (Å²) in [5.41, 5.74) is -0.0139. The van der Waals surface area contributed by atoms with Gasteiger partial charge in [-0.2, -0.15) is 9.61 Å². The van der Waals surface area contributed by atoms with Crippen molar-refractivity contribution in [3.63, 3.8) is 0 Å². The summed E-state index contributed by atoms with van der Waals surface area (Å²) in [6.07, 6.45) is 2.21. The van der Waals surface area contributed by atoms with Crippen molar-refractivity contribution >= 4 is 16.3 Å². The van der Waals surface area contributed by atoms with Gasteiger partial charge in [0.1, 0.15) is 10.7 Å². The monoisotopic (exact) mass is 279 g/mol. The van der Waals surface area contributed by atoms with Gasteiger partial charge in [-0.15, -0.1) is 10.2 Å². The average Bonchev–Trinajstić information content (AvgIpc) is 2.96. The Bertz CT molecular complexity index is 663. The molecule has 0 bridgehead atoms. The van der Waals surface area contributed by atoms with Gasteiger partial charge < -0.3 is 5.32 Å². The first kappa shape index (κ1) is 12.7. The highest BCUT2D eigenvalue weighted by Gasteiger charge is 2.25. The van der Waals surface area contributed by atoms with Gasteiger partial charge in [-0.1, -0.05) is 32.1 Å². The van der Waals surface area contributed by atoms with Crippen LogP contribution in [0, 0.1) is 0 Å². The van der Waals surface area contributed by atoms with Crippen molar-refractivity contribution < 1.29 is 0 Å². The van der Waals surface area contributed by atoms with Crippen molar-refractivity contribution in [3.8, 4) is 0 Å². The van der Waals surface area contributed by atoms with Crippen LogP contribution in [-0.2, 0) is 5.41 Å². The number of nitrogens with zero attached hydrogens (tertiary/aromatic N) is 4. The highest BCUT2D eigenvalue weighted by Crippen LogP contribution is 2.26. The number of rotatable bonds is 1. The van der Waals surface area contributed by atoms with E-state index < -0.39 is 0 Å². The van der Waals surface area contributed by atoms with Gasteiger partial charge in [-0.3, -0.25) is 4.79 Å². The first-order valence-electron chi connectivity index (χ1n) is 6.47. The lowest BCUT2D eigenvalue weighted by atomic mass is 9.93. The molecule has 0 aromatic carbocycles. The van der Waals surface area contributed by atoms with E-state index in [0.29, 0.717) is 10.7 Å². The van der Waals surface area contributed by atoms with Crippen LogP contribution in [0.15, 0.2) is 4.79 Å². The number of nitrogens with one attached hydrogen (secondary N) is 1. The zero-order valence-electron chi connectivity index (χ0n) is 11.3. The van der Waals surface area contributed by atoms with Crippen LogP contribution in [0.4, 0.5) is 0 Å². The van der Waals surface area contributed by atoms with Gasteiger partial charge in [0.15, 0.2) is 0 Å². The molecule has 19 heavy (non-hydrogen) atoms. The van der Waals surface area contributed by atoms with Gasteiger partial charge in [0.2, 0.25) is 4.96 Å². The number of hydrogen-bond acceptors (Lipinski definition) is 6. The Morgan fingerprint density at radius 2 is 2.16 bits per heavy atom. The van der Waals surface area contributed by atoms with Crippen LogP contribution in [0.5, 0.6) is 0 Å². The lowest BCUT2D eigenvalue weighted by Gasteiger charge is -2.14. The largest absolute Gasteiger partial charge is 0.308 e. The third-order valence-electron chi connectivity index (χ3n) is 3.27. The standard InChI is InChI=1S/C12H17N5OS/c1-12(2,3)8-10(18)17-11(15-14-8)19-9(16-17)7-5-4-6-13-7/h7,13H,4-6H2,1-3H3. The summed E-state index contributed by atoms with van der Waals surface area (Å²) < 4.78 is 1.40. The topological polar surface area (TPSA) is 72.2 Å². The van der Waals surface area contributed by atoms with Crippen molar-refractivity contribution in [2.24, 2.45) is 0 Å². The van der Waals surface area contributed by atoms with Gasteiger partial charge in [-0.25, -0.2) is 0 Å². The second-order valence-corrected chi connectivity index (χ2v) is 6.87. The quantitative estimate of drug-likeness (QED) is 0.851. The molecule has 0 saturated carbocycles. The maximum atomic E-state index is 12.4. The third kappa shape index (κ3) is 2.17. The van der Waals surface area contributed by atoms with Gasteiger partial charge in [0.25, 0.3) is 5.56 Å². The van der Waals surface area contributed by atoms with Gasteiger partial charge >= 0.3 is 0 Å². The molecular weight excluding hydrogens is 262 g/mol. The predicted octanol–water partition coefficient (Wildman–Crippen LogP) is 1.27. The van der Waals surface area contributed by atoms with Gasteiger partial charge in [0.05, 0.1) is 6.04 Å². The third-order valence-corrected chi connectivity index (χ3v) is 4.29. The van der Waals surface area contributed by atoms with Gasteiger partial charge in [-0.05, 0) is 19.4 Å². The van der Waals surface area contributed by atoms with Crippen LogP contribution >= 0.6 is 11.3 Å². The van der Waals surface area contributed by atoms with Crippen molar-refractivity contribution in [1.82, 2.24) is 25.1 Å². The molecule has 1 aliphatic rings. The molecule has 1 N–H and O–H groups in total. The summed E-state index contributed by atoms with van der Waals surface area (Å²) in [7, 11) is 0. The van der Waals surface area contributed by atoms with E-state index in [4.69, 9.17) is 0 Å². The molecule has 3 heterocycles. The summed E-state index contributed by atoms with van der Waals surface area (Å²) in [5.74, 6) is 0. The molecular formula is C12H17N5OS. The Kier molecular flexibility index (Phi) is 2.90. The first-order valence-corrected chi connectivity index (χ1v) is 7.29. The van der Waals surface area contributed by atoms with Crippen LogP contribution in [0.25, 0.3) is 4.96 Å². The van der Waals surface area contributed by atoms with E-state index in [9.17, 15) is 4.79 Å². The minimum absolute atomic E-state index is 0.155. The molecule has 0 radical (unpaired) electrons. The molecule has 1 unspecified atom stereocenters. The molecule has 0 spiro atoms. The predicted molar refractivity (Wildman–Crippen MR) is 73.6 cm³/mol. The Morgan fingerprint density at radius 1 is 1.37 bits per heavy atom. The maximum Gasteiger partial charge on any atom is 0.297 e. The summed E-state index contributed by atoms with van der Waals surface area (Å²) in [5, 5.41) is 17.0. The second kappa shape index (κ2) is 4.35. The second-order valence-electron chi connectivity index (χ2n) is 5.89. The minimum Gasteiger partial charge on any atom is -0.308 e. The molecule has 2 aromatic rings. The molecule has 102 valence electrons. The van der Waals surface area contributed by atoms with Gasteiger partial charge in [0, 0.05) is 5.41 Å². The van der Waals surface area contributed by atoms with E-state index in [0.717, 1.165) is 24.4 Å². The van der Waals surface area contributed by atoms with E-state index in [1.165, 1.54) is 15.9 Å². The zero-order chi connectivity index (χ0) is 13.6. The fourth-order valence-corrected chi connectivity index (χ4v) is 3.18. The Labute approximate surface area is 114 Å². The molecule has 1 aliphatic heterocycles. The van der Waals surface area contributed by atoms with Crippen molar-refractivity contribution in [2.75, 3.05) is 6.54 Å². The molecule has 2 aromatic heterocycles. The van der Waals surface area contributed by atoms with Crippen LogP contribution < -0.4 is 10.9 Å². The highest BCUT2D eigenvalue weighted by atomic mass is 32.1. The molecule has 0 aliphatic carbocycles. The molecule has 1 atom stereocenters. The van der Waals surface area contributed by atoms with Crippen molar-refractivity contribution in [3.05, 3.63) is 21.1 Å². The van der Waals surface area contributed by atoms with Crippen LogP contribution in [0.3, 0.4) is 0 Å². The average molecular weight is 279 g/mol. The Balaban J connectivity index is 2.13. The molecule has 6 nitrogen and oxygen atoms in total. The van der Waals surface area contributed by atoms with E-state index in [2.05, 4.69) is 20.6 Å². The summed E-state index contributed by atoms with van der Waals surface area (Å²) in [6.45, 7) is 6.87. The summed E-state index contributed by atoms with van der Waals surface area (Å²) in [4.78, 5) is 13.0. The Morgan fingerprint density at radius 3 is 2.79 bits per heavy atom. The highest BCUT2D eigenvalue weighted by molar-refractivity contribution is 7.16. The normalized spacial score (nSPS) is 20.3. The molecule has 1 fully saturated rings. The fraction of sp³-hybridized carbons (Fsp3) is 0.667. The number of aromatic nitrogens is 4. The van der Waals surface area contributed by atoms with Crippen LogP contribution in [-0.4, -0.2) is 26.4 Å². The number of fused-ring (bicyclic) bond motifs is 1.